The van der Waals surface area contributed by atoms with Gasteiger partial charge >= 0.3 is 0 Å². The maximum Gasteiger partial charge on any atom is 0.272 e. The predicted octanol–water partition coefficient (Wildman–Crippen LogP) is 1.61. The molecule has 0 saturated heterocycles. The van der Waals surface area contributed by atoms with E-state index in [0.29, 0.717) is 5.69 Å². The number of fused-ring (bicyclic) bond motifs is 1. The van der Waals surface area contributed by atoms with Crippen molar-refractivity contribution in [2.75, 3.05) is 0 Å². The molecule has 0 fully saturated rings. The Morgan fingerprint density at radius 1 is 1.56 bits per heavy atom. The van der Waals surface area contributed by atoms with E-state index in [9.17, 15) is 4.79 Å². The molecule has 1 N–H and O–H groups in total. The number of nitriles is 1. The van der Waals surface area contributed by atoms with Crippen LogP contribution in [0.1, 0.15) is 23.8 Å². The van der Waals surface area contributed by atoms with E-state index in [1.807, 2.05) is 30.3 Å². The molecule has 5 nitrogen and oxygen atoms in total. The van der Waals surface area contributed by atoms with Gasteiger partial charge in [-0.15, -0.1) is 0 Å². The van der Waals surface area contributed by atoms with Gasteiger partial charge in [0.2, 0.25) is 0 Å². The van der Waals surface area contributed by atoms with Crippen LogP contribution in [0.2, 0.25) is 0 Å². The standard InChI is InChI=1S/C13H14N4O/c1-9(7-8-14)15-13(18)12-10-5-3-4-6-11(10)17(2)16-12/h3-6,9H,7H2,1-2H3,(H,15,18). The lowest BCUT2D eigenvalue weighted by Crippen LogP contribution is -2.32. The summed E-state index contributed by atoms with van der Waals surface area (Å²) in [5.74, 6) is -0.241. The average molecular weight is 242 g/mol. The van der Waals surface area contributed by atoms with Crippen LogP contribution in [0.25, 0.3) is 10.9 Å². The summed E-state index contributed by atoms with van der Waals surface area (Å²) in [4.78, 5) is 12.1. The molecule has 2 rings (SSSR count). The summed E-state index contributed by atoms with van der Waals surface area (Å²) in [5, 5.41) is 16.4. The van der Waals surface area contributed by atoms with Crippen LogP contribution in [0.4, 0.5) is 0 Å². The number of nitrogens with zero attached hydrogens (tertiary/aromatic N) is 3. The molecule has 1 unspecified atom stereocenters. The van der Waals surface area contributed by atoms with E-state index in [4.69, 9.17) is 5.26 Å². The third kappa shape index (κ3) is 2.18. The van der Waals surface area contributed by atoms with Crippen molar-refractivity contribution >= 4 is 16.8 Å². The van der Waals surface area contributed by atoms with Crippen LogP contribution >= 0.6 is 0 Å². The number of nitrogens with one attached hydrogen (secondary N) is 1. The molecule has 0 aliphatic carbocycles. The highest BCUT2D eigenvalue weighted by Crippen LogP contribution is 2.17. The first kappa shape index (κ1) is 12.1. The molecule has 18 heavy (non-hydrogen) atoms. The molecular formula is C13H14N4O. The Labute approximate surface area is 105 Å². The van der Waals surface area contributed by atoms with Crippen molar-refractivity contribution in [1.82, 2.24) is 15.1 Å². The van der Waals surface area contributed by atoms with E-state index in [0.717, 1.165) is 10.9 Å². The smallest absolute Gasteiger partial charge is 0.272 e. The first-order valence-electron chi connectivity index (χ1n) is 5.73. The van der Waals surface area contributed by atoms with Crippen molar-refractivity contribution in [3.05, 3.63) is 30.0 Å². The molecule has 2 aromatic rings. The third-order valence-corrected chi connectivity index (χ3v) is 2.75. The van der Waals surface area contributed by atoms with Crippen molar-refractivity contribution in [1.29, 1.82) is 5.26 Å². The number of hydrogen-bond acceptors (Lipinski definition) is 3. The molecule has 0 radical (unpaired) electrons. The number of aryl methyl sites for hydroxylation is 1. The minimum Gasteiger partial charge on any atom is -0.347 e. The number of para-hydroxylation sites is 1. The van der Waals surface area contributed by atoms with Gasteiger partial charge in [-0.2, -0.15) is 10.4 Å². The predicted molar refractivity (Wildman–Crippen MR) is 67.9 cm³/mol. The monoisotopic (exact) mass is 242 g/mol. The van der Waals surface area contributed by atoms with E-state index >= 15 is 0 Å². The Bertz CT molecular complexity index is 623. The Morgan fingerprint density at radius 3 is 3.00 bits per heavy atom. The molecule has 92 valence electrons. The topological polar surface area (TPSA) is 70.7 Å². The highest BCUT2D eigenvalue weighted by atomic mass is 16.2. The molecule has 1 heterocycles. The van der Waals surface area contributed by atoms with E-state index in [-0.39, 0.29) is 18.4 Å². The molecular weight excluding hydrogens is 228 g/mol. The van der Waals surface area contributed by atoms with Gasteiger partial charge in [0.25, 0.3) is 5.91 Å². The Hall–Kier alpha value is -2.35. The SMILES string of the molecule is CC(CC#N)NC(=O)c1nn(C)c2ccccc12. The maximum absolute atomic E-state index is 12.1. The van der Waals surface area contributed by atoms with Crippen molar-refractivity contribution in [2.45, 2.75) is 19.4 Å². The van der Waals surface area contributed by atoms with Crippen molar-refractivity contribution in [3.8, 4) is 6.07 Å². The molecule has 0 saturated carbocycles. The molecule has 1 amide bonds. The summed E-state index contributed by atoms with van der Waals surface area (Å²) in [7, 11) is 1.80. The summed E-state index contributed by atoms with van der Waals surface area (Å²) in [6, 6.07) is 9.41. The summed E-state index contributed by atoms with van der Waals surface area (Å²) in [6.07, 6.45) is 0.288. The number of amides is 1. The van der Waals surface area contributed by atoms with Crippen molar-refractivity contribution in [3.63, 3.8) is 0 Å². The molecule has 1 aromatic carbocycles. The normalized spacial score (nSPS) is 12.1. The molecule has 0 bridgehead atoms. The van der Waals surface area contributed by atoms with E-state index in [1.165, 1.54) is 0 Å². The Balaban J connectivity index is 2.31. The molecule has 1 aromatic heterocycles. The lowest BCUT2D eigenvalue weighted by atomic mass is 10.2. The van der Waals surface area contributed by atoms with E-state index in [2.05, 4.69) is 10.4 Å². The zero-order valence-electron chi connectivity index (χ0n) is 10.3. The number of carbonyl (C=O) groups is 1. The minimum absolute atomic E-state index is 0.178. The maximum atomic E-state index is 12.1. The van der Waals surface area contributed by atoms with Gasteiger partial charge in [-0.1, -0.05) is 18.2 Å². The van der Waals surface area contributed by atoms with Crippen LogP contribution in [0.5, 0.6) is 0 Å². The quantitative estimate of drug-likeness (QED) is 0.888. The van der Waals surface area contributed by atoms with Gasteiger partial charge < -0.3 is 5.32 Å². The zero-order valence-corrected chi connectivity index (χ0v) is 10.3. The van der Waals surface area contributed by atoms with Crippen molar-refractivity contribution in [2.24, 2.45) is 7.05 Å². The highest BCUT2D eigenvalue weighted by Gasteiger charge is 2.17. The molecule has 1 atom stereocenters. The largest absolute Gasteiger partial charge is 0.347 e. The van der Waals surface area contributed by atoms with Gasteiger partial charge in [0.05, 0.1) is 18.0 Å². The molecule has 0 aliphatic rings. The van der Waals surface area contributed by atoms with Crippen LogP contribution < -0.4 is 5.32 Å². The van der Waals surface area contributed by atoms with Gasteiger partial charge in [-0.05, 0) is 13.0 Å². The number of hydrogen-bond donors (Lipinski definition) is 1. The third-order valence-electron chi connectivity index (χ3n) is 2.75. The fourth-order valence-electron chi connectivity index (χ4n) is 1.86. The van der Waals surface area contributed by atoms with Crippen LogP contribution in [-0.2, 0) is 7.05 Å². The van der Waals surface area contributed by atoms with Crippen LogP contribution in [0, 0.1) is 11.3 Å². The molecule has 5 heteroatoms. The van der Waals surface area contributed by atoms with Crippen LogP contribution in [0.15, 0.2) is 24.3 Å². The van der Waals surface area contributed by atoms with Gasteiger partial charge in [0.15, 0.2) is 5.69 Å². The first-order chi connectivity index (χ1) is 8.63. The van der Waals surface area contributed by atoms with Crippen LogP contribution in [-0.4, -0.2) is 21.7 Å². The number of benzene rings is 1. The fraction of sp³-hybridized carbons (Fsp3) is 0.308. The Kier molecular flexibility index (Phi) is 3.28. The van der Waals surface area contributed by atoms with Gasteiger partial charge in [0.1, 0.15) is 0 Å². The zero-order chi connectivity index (χ0) is 13.1. The van der Waals surface area contributed by atoms with Gasteiger partial charge in [0, 0.05) is 18.5 Å². The Morgan fingerprint density at radius 2 is 2.28 bits per heavy atom. The minimum atomic E-state index is -0.241. The van der Waals surface area contributed by atoms with E-state index in [1.54, 1.807) is 18.7 Å². The second-order valence-corrected chi connectivity index (χ2v) is 4.23. The number of rotatable bonds is 3. The van der Waals surface area contributed by atoms with Gasteiger partial charge in [-0.3, -0.25) is 9.48 Å². The van der Waals surface area contributed by atoms with Crippen molar-refractivity contribution < 1.29 is 4.79 Å². The first-order valence-corrected chi connectivity index (χ1v) is 5.73. The second kappa shape index (κ2) is 4.88. The van der Waals surface area contributed by atoms with Gasteiger partial charge in [-0.25, -0.2) is 0 Å². The fourth-order valence-corrected chi connectivity index (χ4v) is 1.86. The van der Waals surface area contributed by atoms with E-state index < -0.39 is 0 Å². The summed E-state index contributed by atoms with van der Waals surface area (Å²) in [6.45, 7) is 1.80. The average Bonchev–Trinajstić information content (AvgIpc) is 2.68. The summed E-state index contributed by atoms with van der Waals surface area (Å²) in [5.41, 5.74) is 1.31. The lowest BCUT2D eigenvalue weighted by Gasteiger charge is -2.08. The van der Waals surface area contributed by atoms with Crippen LogP contribution in [0.3, 0.4) is 0 Å². The second-order valence-electron chi connectivity index (χ2n) is 4.23. The molecule has 0 aliphatic heterocycles. The summed E-state index contributed by atoms with van der Waals surface area (Å²) >= 11 is 0. The molecule has 0 spiro atoms. The number of aromatic nitrogens is 2. The lowest BCUT2D eigenvalue weighted by molar-refractivity contribution is 0.0936. The summed E-state index contributed by atoms with van der Waals surface area (Å²) < 4.78 is 1.68. The highest BCUT2D eigenvalue weighted by molar-refractivity contribution is 6.04. The number of carbonyl (C=O) groups excluding carboxylic acids is 1.